The molecule has 0 aliphatic heterocycles. The van der Waals surface area contributed by atoms with E-state index in [1.165, 1.54) is 11.9 Å². The van der Waals surface area contributed by atoms with E-state index >= 15 is 0 Å². The van der Waals surface area contributed by atoms with E-state index in [1.54, 1.807) is 12.4 Å². The number of nitrogens with one attached hydrogen (secondary N) is 1. The number of rotatable bonds is 6. The summed E-state index contributed by atoms with van der Waals surface area (Å²) in [6.45, 7) is 4.95. The molecular formula is C25H30N4O. The Balaban J connectivity index is 1.54. The van der Waals surface area contributed by atoms with Crippen molar-refractivity contribution < 1.29 is 0 Å². The number of pyridine rings is 1. The maximum atomic E-state index is 13.1. The Bertz CT molecular complexity index is 1010. The second-order valence-corrected chi connectivity index (χ2v) is 8.72. The first kappa shape index (κ1) is 20.3. The van der Waals surface area contributed by atoms with E-state index in [0.29, 0.717) is 30.1 Å². The molecule has 30 heavy (non-hydrogen) atoms. The first-order valence-electron chi connectivity index (χ1n) is 10.9. The summed E-state index contributed by atoms with van der Waals surface area (Å²) in [7, 11) is 0. The molecule has 1 aromatic carbocycles. The maximum Gasteiger partial charge on any atom is 0.273 e. The standard InChI is InChI=1S/C25H30N4O/c1-18(2)15-29-16-21(22-13-26-17-27-14-22)12-24(25(29)30)28-23-10-8-20(9-11-23)19-6-4-3-5-7-19/h3-7,12-14,16-18,20,23,28H,8-11,15H2,1-2H3/t20-,23+. The van der Waals surface area contributed by atoms with Gasteiger partial charge in [-0.2, -0.15) is 0 Å². The SMILES string of the molecule is CC(C)Cn1cc(-c2cncnc2)cc(N[C@H]2CC[C@@H](c3ccccc3)CC2)c1=O. The number of hydrogen-bond donors (Lipinski definition) is 1. The van der Waals surface area contributed by atoms with Gasteiger partial charge in [-0.15, -0.1) is 0 Å². The average molecular weight is 403 g/mol. The van der Waals surface area contributed by atoms with E-state index in [0.717, 1.165) is 36.8 Å². The third-order valence-electron chi connectivity index (χ3n) is 5.90. The van der Waals surface area contributed by atoms with Gasteiger partial charge in [-0.05, 0) is 49.1 Å². The monoisotopic (exact) mass is 402 g/mol. The molecule has 0 amide bonds. The fraction of sp³-hybridized carbons (Fsp3) is 0.400. The lowest BCUT2D eigenvalue weighted by Gasteiger charge is -2.30. The molecule has 0 spiro atoms. The van der Waals surface area contributed by atoms with Crippen molar-refractivity contribution in [2.24, 2.45) is 5.92 Å². The van der Waals surface area contributed by atoms with Crippen LogP contribution in [0.3, 0.4) is 0 Å². The van der Waals surface area contributed by atoms with Gasteiger partial charge in [-0.25, -0.2) is 9.97 Å². The van der Waals surface area contributed by atoms with Gasteiger partial charge in [0.05, 0.1) is 0 Å². The first-order chi connectivity index (χ1) is 14.6. The molecule has 3 aromatic rings. The van der Waals surface area contributed by atoms with E-state index in [4.69, 9.17) is 0 Å². The molecule has 0 saturated heterocycles. The fourth-order valence-corrected chi connectivity index (χ4v) is 4.39. The van der Waals surface area contributed by atoms with Crippen molar-refractivity contribution in [1.82, 2.24) is 14.5 Å². The van der Waals surface area contributed by atoms with Crippen molar-refractivity contribution in [2.75, 3.05) is 5.32 Å². The van der Waals surface area contributed by atoms with Gasteiger partial charge in [-0.1, -0.05) is 44.2 Å². The maximum absolute atomic E-state index is 13.1. The average Bonchev–Trinajstić information content (AvgIpc) is 2.78. The van der Waals surface area contributed by atoms with Crippen molar-refractivity contribution in [2.45, 2.75) is 58.0 Å². The summed E-state index contributed by atoms with van der Waals surface area (Å²) >= 11 is 0. The number of benzene rings is 1. The normalized spacial score (nSPS) is 19.0. The van der Waals surface area contributed by atoms with Gasteiger partial charge in [0.25, 0.3) is 5.56 Å². The second-order valence-electron chi connectivity index (χ2n) is 8.72. The lowest BCUT2D eigenvalue weighted by Crippen LogP contribution is -2.31. The first-order valence-corrected chi connectivity index (χ1v) is 10.9. The predicted octanol–water partition coefficient (Wildman–Crippen LogP) is 5.10. The van der Waals surface area contributed by atoms with Gasteiger partial charge in [0, 0.05) is 42.3 Å². The molecule has 156 valence electrons. The van der Waals surface area contributed by atoms with E-state index in [2.05, 4.69) is 59.5 Å². The summed E-state index contributed by atoms with van der Waals surface area (Å²) in [6.07, 6.45) is 11.5. The van der Waals surface area contributed by atoms with Gasteiger partial charge >= 0.3 is 0 Å². The molecule has 5 nitrogen and oxygen atoms in total. The molecule has 2 heterocycles. The van der Waals surface area contributed by atoms with E-state index < -0.39 is 0 Å². The molecule has 0 atom stereocenters. The summed E-state index contributed by atoms with van der Waals surface area (Å²) < 4.78 is 1.82. The Hall–Kier alpha value is -2.95. The fourth-order valence-electron chi connectivity index (χ4n) is 4.39. The Labute approximate surface area is 178 Å². The third kappa shape index (κ3) is 4.78. The van der Waals surface area contributed by atoms with Crippen molar-refractivity contribution in [3.8, 4) is 11.1 Å². The zero-order valence-corrected chi connectivity index (χ0v) is 17.8. The van der Waals surface area contributed by atoms with Crippen LogP contribution in [0.1, 0.15) is 51.0 Å². The second kappa shape index (κ2) is 9.24. The van der Waals surface area contributed by atoms with Crippen molar-refractivity contribution >= 4 is 5.69 Å². The van der Waals surface area contributed by atoms with Crippen LogP contribution in [-0.4, -0.2) is 20.6 Å². The van der Waals surface area contributed by atoms with Crippen LogP contribution in [0.25, 0.3) is 11.1 Å². The summed E-state index contributed by atoms with van der Waals surface area (Å²) in [6, 6.07) is 13.1. The zero-order chi connectivity index (χ0) is 20.9. The minimum Gasteiger partial charge on any atom is -0.378 e. The largest absolute Gasteiger partial charge is 0.378 e. The summed E-state index contributed by atoms with van der Waals surface area (Å²) in [4.78, 5) is 21.4. The van der Waals surface area contributed by atoms with Gasteiger partial charge in [0.1, 0.15) is 12.0 Å². The van der Waals surface area contributed by atoms with Gasteiger partial charge in [0.15, 0.2) is 0 Å². The van der Waals surface area contributed by atoms with Crippen LogP contribution in [0.2, 0.25) is 0 Å². The van der Waals surface area contributed by atoms with Crippen molar-refractivity contribution in [1.29, 1.82) is 0 Å². The number of nitrogens with zero attached hydrogens (tertiary/aromatic N) is 3. The molecule has 1 fully saturated rings. The van der Waals surface area contributed by atoms with Crippen LogP contribution in [0.4, 0.5) is 5.69 Å². The highest BCUT2D eigenvalue weighted by Crippen LogP contribution is 2.34. The van der Waals surface area contributed by atoms with Gasteiger partial charge < -0.3 is 9.88 Å². The van der Waals surface area contributed by atoms with Crippen LogP contribution in [0.5, 0.6) is 0 Å². The molecule has 1 aliphatic carbocycles. The van der Waals surface area contributed by atoms with E-state index in [1.807, 2.05) is 16.8 Å². The Kier molecular flexibility index (Phi) is 6.26. The van der Waals surface area contributed by atoms with Crippen LogP contribution < -0.4 is 10.9 Å². The summed E-state index contributed by atoms with van der Waals surface area (Å²) in [5.41, 5.74) is 4.05. The molecule has 0 bridgehead atoms. The van der Waals surface area contributed by atoms with Crippen LogP contribution in [0.15, 0.2) is 66.1 Å². The molecule has 1 aliphatic rings. The van der Waals surface area contributed by atoms with Crippen LogP contribution in [-0.2, 0) is 6.54 Å². The minimum absolute atomic E-state index is 0.0504. The quantitative estimate of drug-likeness (QED) is 0.623. The Morgan fingerprint density at radius 3 is 2.40 bits per heavy atom. The van der Waals surface area contributed by atoms with Gasteiger partial charge in [-0.3, -0.25) is 4.79 Å². The number of aromatic nitrogens is 3. The summed E-state index contributed by atoms with van der Waals surface area (Å²) in [5.74, 6) is 1.01. The highest BCUT2D eigenvalue weighted by Gasteiger charge is 2.23. The topological polar surface area (TPSA) is 59.8 Å². The Morgan fingerprint density at radius 2 is 1.73 bits per heavy atom. The van der Waals surface area contributed by atoms with Crippen LogP contribution >= 0.6 is 0 Å². The zero-order valence-electron chi connectivity index (χ0n) is 17.8. The molecule has 1 saturated carbocycles. The highest BCUT2D eigenvalue weighted by molar-refractivity contribution is 5.65. The van der Waals surface area contributed by atoms with Gasteiger partial charge in [0.2, 0.25) is 0 Å². The van der Waals surface area contributed by atoms with Crippen molar-refractivity contribution in [3.63, 3.8) is 0 Å². The van der Waals surface area contributed by atoms with E-state index in [9.17, 15) is 4.79 Å². The molecular weight excluding hydrogens is 372 g/mol. The predicted molar refractivity (Wildman–Crippen MR) is 122 cm³/mol. The number of anilines is 1. The highest BCUT2D eigenvalue weighted by atomic mass is 16.1. The Morgan fingerprint density at radius 1 is 1.03 bits per heavy atom. The molecule has 5 heteroatoms. The van der Waals surface area contributed by atoms with Crippen LogP contribution in [0, 0.1) is 5.92 Å². The minimum atomic E-state index is 0.0504. The number of hydrogen-bond acceptors (Lipinski definition) is 4. The smallest absolute Gasteiger partial charge is 0.273 e. The third-order valence-corrected chi connectivity index (χ3v) is 5.90. The molecule has 0 unspecified atom stereocenters. The molecule has 0 radical (unpaired) electrons. The molecule has 2 aromatic heterocycles. The molecule has 4 rings (SSSR count). The lowest BCUT2D eigenvalue weighted by molar-refractivity contribution is 0.411. The van der Waals surface area contributed by atoms with Crippen molar-refractivity contribution in [3.05, 3.63) is 77.2 Å². The molecule has 1 N–H and O–H groups in total. The van der Waals surface area contributed by atoms with E-state index in [-0.39, 0.29) is 5.56 Å². The lowest BCUT2D eigenvalue weighted by atomic mass is 9.82. The summed E-state index contributed by atoms with van der Waals surface area (Å²) in [5, 5.41) is 3.57.